The first-order valence-electron chi connectivity index (χ1n) is 9.75. The Kier molecular flexibility index (Phi) is 5.77. The van der Waals surface area contributed by atoms with Crippen LogP contribution in [0.5, 0.6) is 0 Å². The topological polar surface area (TPSA) is 69.6 Å². The fourth-order valence-corrected chi connectivity index (χ4v) is 4.24. The van der Waals surface area contributed by atoms with E-state index in [1.165, 1.54) is 12.0 Å². The van der Waals surface area contributed by atoms with Gasteiger partial charge in [-0.3, -0.25) is 0 Å². The van der Waals surface area contributed by atoms with Crippen LogP contribution in [0.25, 0.3) is 5.65 Å². The van der Waals surface area contributed by atoms with Crippen molar-refractivity contribution in [2.75, 3.05) is 23.4 Å². The molecule has 4 heterocycles. The minimum Gasteiger partial charge on any atom is -0.396 e. The van der Waals surface area contributed by atoms with Gasteiger partial charge in [-0.05, 0) is 47.7 Å². The molecule has 0 amide bonds. The first-order valence-corrected chi connectivity index (χ1v) is 10.5. The third-order valence-corrected chi connectivity index (χ3v) is 5.83. The Morgan fingerprint density at radius 3 is 3.11 bits per heavy atom. The molecular weight excluding hydrogens is 420 g/mol. The molecule has 1 aliphatic heterocycles. The molecule has 0 aromatic carbocycles. The first kappa shape index (κ1) is 19.1. The van der Waals surface area contributed by atoms with Crippen molar-refractivity contribution in [3.8, 4) is 0 Å². The van der Waals surface area contributed by atoms with Crippen LogP contribution in [0.3, 0.4) is 0 Å². The second kappa shape index (κ2) is 8.45. The summed E-state index contributed by atoms with van der Waals surface area (Å²) in [6.07, 6.45) is 10.1. The molecule has 0 saturated carbocycles. The monoisotopic (exact) mass is 445 g/mol. The maximum atomic E-state index is 9.47. The van der Waals surface area contributed by atoms with Crippen LogP contribution in [-0.2, 0) is 13.6 Å². The first-order chi connectivity index (χ1) is 13.7. The van der Waals surface area contributed by atoms with Gasteiger partial charge in [-0.15, -0.1) is 0 Å². The van der Waals surface area contributed by atoms with Crippen LogP contribution in [0.1, 0.15) is 31.2 Å². The van der Waals surface area contributed by atoms with E-state index in [0.717, 1.165) is 47.6 Å². The molecule has 1 aliphatic rings. The zero-order valence-electron chi connectivity index (χ0n) is 16.1. The molecule has 3 aromatic rings. The number of fused-ring (bicyclic) bond motifs is 1. The van der Waals surface area contributed by atoms with Crippen molar-refractivity contribution in [1.82, 2.24) is 14.6 Å². The van der Waals surface area contributed by atoms with E-state index in [1.54, 1.807) is 6.20 Å². The summed E-state index contributed by atoms with van der Waals surface area (Å²) in [5.41, 5.74) is 1.99. The van der Waals surface area contributed by atoms with Gasteiger partial charge in [0.15, 0.2) is 18.0 Å². The highest BCUT2D eigenvalue weighted by Gasteiger charge is 2.24. The highest BCUT2D eigenvalue weighted by molar-refractivity contribution is 9.10. The summed E-state index contributed by atoms with van der Waals surface area (Å²) in [5, 5.41) is 17.5. The van der Waals surface area contributed by atoms with E-state index < -0.39 is 0 Å². The van der Waals surface area contributed by atoms with Crippen molar-refractivity contribution in [1.29, 1.82) is 0 Å². The van der Waals surface area contributed by atoms with Gasteiger partial charge in [-0.25, -0.2) is 9.55 Å². The average Bonchev–Trinajstić information content (AvgIpc) is 3.08. The van der Waals surface area contributed by atoms with Crippen molar-refractivity contribution < 1.29 is 9.67 Å². The Morgan fingerprint density at radius 2 is 2.29 bits per heavy atom. The summed E-state index contributed by atoms with van der Waals surface area (Å²) in [6, 6.07) is 6.55. The molecule has 0 aliphatic carbocycles. The number of aliphatic hydroxyl groups is 1. The molecule has 2 N–H and O–H groups in total. The standard InChI is InChI=1S/C20H26BrN6O/c1-25-8-4-5-15(14-25)12-22-18-11-19(24-20-17(21)13-23-27(18)20)26-9-3-2-6-16(26)7-10-28/h4-5,8,11,13-14,16,22,28H,2-3,6-7,9-10,12H2,1H3/q+1. The lowest BCUT2D eigenvalue weighted by Crippen LogP contribution is -2.40. The average molecular weight is 446 g/mol. The van der Waals surface area contributed by atoms with E-state index in [1.807, 2.05) is 28.4 Å². The minimum atomic E-state index is 0.204. The number of aryl methyl sites for hydroxylation is 1. The second-order valence-electron chi connectivity index (χ2n) is 7.31. The summed E-state index contributed by atoms with van der Waals surface area (Å²) in [7, 11) is 2.02. The van der Waals surface area contributed by atoms with Crippen LogP contribution in [0, 0.1) is 0 Å². The van der Waals surface area contributed by atoms with Crippen molar-refractivity contribution in [2.24, 2.45) is 7.05 Å². The zero-order valence-corrected chi connectivity index (χ0v) is 17.6. The smallest absolute Gasteiger partial charge is 0.173 e. The van der Waals surface area contributed by atoms with E-state index in [2.05, 4.69) is 49.6 Å². The highest BCUT2D eigenvalue weighted by Crippen LogP contribution is 2.29. The molecular formula is C20H26BrN6O+. The van der Waals surface area contributed by atoms with Crippen LogP contribution in [0.4, 0.5) is 11.6 Å². The number of rotatable bonds is 6. The molecule has 1 saturated heterocycles. The molecule has 1 atom stereocenters. The molecule has 28 heavy (non-hydrogen) atoms. The molecule has 148 valence electrons. The Labute approximate surface area is 173 Å². The van der Waals surface area contributed by atoms with Crippen molar-refractivity contribution in [2.45, 2.75) is 38.3 Å². The van der Waals surface area contributed by atoms with Gasteiger partial charge in [-0.2, -0.15) is 9.61 Å². The number of hydrogen-bond acceptors (Lipinski definition) is 5. The van der Waals surface area contributed by atoms with Crippen LogP contribution in [-0.4, -0.2) is 38.9 Å². The lowest BCUT2D eigenvalue weighted by atomic mass is 9.99. The van der Waals surface area contributed by atoms with Crippen LogP contribution in [0.15, 0.2) is 41.3 Å². The predicted octanol–water partition coefficient (Wildman–Crippen LogP) is 2.67. The maximum absolute atomic E-state index is 9.47. The van der Waals surface area contributed by atoms with Crippen molar-refractivity contribution in [3.63, 3.8) is 0 Å². The molecule has 8 heteroatoms. The third-order valence-electron chi connectivity index (χ3n) is 5.27. The van der Waals surface area contributed by atoms with Crippen LogP contribution >= 0.6 is 15.9 Å². The fraction of sp³-hybridized carbons (Fsp3) is 0.450. The molecule has 1 unspecified atom stereocenters. The quantitative estimate of drug-likeness (QED) is 0.570. The van der Waals surface area contributed by atoms with Crippen LogP contribution < -0.4 is 14.8 Å². The largest absolute Gasteiger partial charge is 0.396 e. The number of pyridine rings is 1. The molecule has 0 spiro atoms. The number of nitrogens with zero attached hydrogens (tertiary/aromatic N) is 5. The second-order valence-corrected chi connectivity index (χ2v) is 8.17. The van der Waals surface area contributed by atoms with E-state index >= 15 is 0 Å². The van der Waals surface area contributed by atoms with E-state index in [0.29, 0.717) is 12.6 Å². The molecule has 1 fully saturated rings. The van der Waals surface area contributed by atoms with Gasteiger partial charge in [0.05, 0.1) is 10.7 Å². The Morgan fingerprint density at radius 1 is 1.39 bits per heavy atom. The predicted molar refractivity (Wildman–Crippen MR) is 112 cm³/mol. The van der Waals surface area contributed by atoms with Gasteiger partial charge in [-0.1, -0.05) is 0 Å². The van der Waals surface area contributed by atoms with Gasteiger partial charge < -0.3 is 15.3 Å². The van der Waals surface area contributed by atoms with E-state index in [-0.39, 0.29) is 6.61 Å². The number of aromatic nitrogens is 4. The Balaban J connectivity index is 1.67. The lowest BCUT2D eigenvalue weighted by Gasteiger charge is -2.36. The number of aliphatic hydroxyl groups excluding tert-OH is 1. The van der Waals surface area contributed by atoms with Gasteiger partial charge in [0, 0.05) is 43.4 Å². The molecule has 7 nitrogen and oxygen atoms in total. The SMILES string of the molecule is C[n+]1cccc(CNc2cc(N3CCCCC3CCO)nc3c(Br)cnn23)c1. The van der Waals surface area contributed by atoms with Gasteiger partial charge in [0.2, 0.25) is 0 Å². The lowest BCUT2D eigenvalue weighted by molar-refractivity contribution is -0.671. The van der Waals surface area contributed by atoms with Gasteiger partial charge in [0.25, 0.3) is 0 Å². The molecule has 4 rings (SSSR count). The normalized spacial score (nSPS) is 17.2. The highest BCUT2D eigenvalue weighted by atomic mass is 79.9. The summed E-state index contributed by atoms with van der Waals surface area (Å²) in [4.78, 5) is 7.21. The number of nitrogens with one attached hydrogen (secondary N) is 1. The zero-order chi connectivity index (χ0) is 19.5. The van der Waals surface area contributed by atoms with E-state index in [4.69, 9.17) is 4.98 Å². The minimum absolute atomic E-state index is 0.204. The molecule has 0 radical (unpaired) electrons. The Hall–Kier alpha value is -2.19. The Bertz CT molecular complexity index is 957. The van der Waals surface area contributed by atoms with E-state index in [9.17, 15) is 5.11 Å². The fourth-order valence-electron chi connectivity index (χ4n) is 3.89. The number of hydrogen-bond donors (Lipinski definition) is 2. The van der Waals surface area contributed by atoms with Crippen LogP contribution in [0.2, 0.25) is 0 Å². The molecule has 0 bridgehead atoms. The number of piperidine rings is 1. The molecule has 3 aromatic heterocycles. The van der Waals surface area contributed by atoms with Gasteiger partial charge in [0.1, 0.15) is 18.7 Å². The van der Waals surface area contributed by atoms with Crippen molar-refractivity contribution in [3.05, 3.63) is 46.8 Å². The maximum Gasteiger partial charge on any atom is 0.173 e. The summed E-state index contributed by atoms with van der Waals surface area (Å²) in [6.45, 7) is 1.87. The van der Waals surface area contributed by atoms with Crippen molar-refractivity contribution >= 4 is 33.2 Å². The summed E-state index contributed by atoms with van der Waals surface area (Å²) < 4.78 is 4.75. The number of anilines is 2. The summed E-state index contributed by atoms with van der Waals surface area (Å²) in [5.74, 6) is 1.85. The van der Waals surface area contributed by atoms with Gasteiger partial charge >= 0.3 is 0 Å². The third kappa shape index (κ3) is 3.98. The number of halogens is 1. The summed E-state index contributed by atoms with van der Waals surface area (Å²) >= 11 is 3.58.